The molecule has 3 unspecified atom stereocenters. The Kier molecular flexibility index (Phi) is 5.75. The van der Waals surface area contributed by atoms with Crippen molar-refractivity contribution in [2.24, 2.45) is 5.92 Å². The van der Waals surface area contributed by atoms with Crippen LogP contribution in [0.2, 0.25) is 0 Å². The minimum absolute atomic E-state index is 0.0147. The van der Waals surface area contributed by atoms with E-state index in [4.69, 9.17) is 4.74 Å². The number of halogens is 1. The first-order valence-electron chi connectivity index (χ1n) is 10.5. The number of methoxy groups -OCH3 is 1. The molecular weight excluding hydrogens is 383 g/mol. The van der Waals surface area contributed by atoms with Crippen molar-refractivity contribution in [3.8, 4) is 5.75 Å². The molecule has 0 bridgehead atoms. The normalized spacial score (nSPS) is 24.2. The van der Waals surface area contributed by atoms with Gasteiger partial charge >= 0.3 is 0 Å². The molecule has 2 aliphatic rings. The monoisotopic (exact) mass is 410 g/mol. The Morgan fingerprint density at radius 1 is 1.07 bits per heavy atom. The molecule has 2 fully saturated rings. The summed E-state index contributed by atoms with van der Waals surface area (Å²) in [5, 5.41) is 0. The van der Waals surface area contributed by atoms with Crippen molar-refractivity contribution >= 4 is 17.5 Å². The highest BCUT2D eigenvalue weighted by Crippen LogP contribution is 2.43. The molecule has 2 heterocycles. The molecule has 0 aromatic heterocycles. The number of anilines is 1. The quantitative estimate of drug-likeness (QED) is 0.754. The molecule has 0 saturated carbocycles. The Hall–Kier alpha value is -2.89. The molecular formula is C24H27FN2O3. The van der Waals surface area contributed by atoms with Crippen LogP contribution < -0.4 is 9.64 Å². The van der Waals surface area contributed by atoms with Crippen molar-refractivity contribution in [2.75, 3.05) is 18.6 Å². The summed E-state index contributed by atoms with van der Waals surface area (Å²) < 4.78 is 18.8. The molecule has 4 rings (SSSR count). The molecule has 0 radical (unpaired) electrons. The van der Waals surface area contributed by atoms with Gasteiger partial charge in [0, 0.05) is 24.7 Å². The zero-order valence-corrected chi connectivity index (χ0v) is 17.4. The van der Waals surface area contributed by atoms with Gasteiger partial charge in [-0.15, -0.1) is 0 Å². The number of piperidine rings is 1. The third-order valence-corrected chi connectivity index (χ3v) is 6.29. The van der Waals surface area contributed by atoms with E-state index in [1.807, 2.05) is 17.0 Å². The number of ether oxygens (including phenoxy) is 1. The predicted molar refractivity (Wildman–Crippen MR) is 113 cm³/mol. The fourth-order valence-electron chi connectivity index (χ4n) is 4.68. The number of amides is 2. The molecule has 0 aliphatic carbocycles. The van der Waals surface area contributed by atoms with Crippen molar-refractivity contribution < 1.29 is 18.7 Å². The van der Waals surface area contributed by atoms with E-state index in [1.54, 1.807) is 36.3 Å². The smallest absolute Gasteiger partial charge is 0.228 e. The van der Waals surface area contributed by atoms with Gasteiger partial charge in [-0.05, 0) is 68.1 Å². The van der Waals surface area contributed by atoms with E-state index in [0.717, 1.165) is 31.4 Å². The first-order chi connectivity index (χ1) is 14.5. The van der Waals surface area contributed by atoms with Gasteiger partial charge in [0.15, 0.2) is 0 Å². The van der Waals surface area contributed by atoms with Crippen LogP contribution in [0.1, 0.15) is 44.2 Å². The number of nitrogens with zero attached hydrogens (tertiary/aromatic N) is 2. The minimum atomic E-state index is -0.495. The van der Waals surface area contributed by atoms with Gasteiger partial charge in [0.05, 0.1) is 19.1 Å². The first-order valence-corrected chi connectivity index (χ1v) is 10.5. The molecule has 158 valence electrons. The van der Waals surface area contributed by atoms with Crippen LogP contribution in [0, 0.1) is 11.7 Å². The van der Waals surface area contributed by atoms with E-state index < -0.39 is 12.0 Å². The molecule has 2 aliphatic heterocycles. The van der Waals surface area contributed by atoms with E-state index in [0.29, 0.717) is 11.4 Å². The average molecular weight is 410 g/mol. The van der Waals surface area contributed by atoms with Crippen LogP contribution in [-0.2, 0) is 9.59 Å². The molecule has 2 aromatic rings. The molecule has 3 atom stereocenters. The van der Waals surface area contributed by atoms with E-state index in [1.165, 1.54) is 12.1 Å². The van der Waals surface area contributed by atoms with Gasteiger partial charge in [-0.25, -0.2) is 4.39 Å². The highest BCUT2D eigenvalue weighted by molar-refractivity contribution is 6.01. The molecule has 6 heteroatoms. The van der Waals surface area contributed by atoms with Gasteiger partial charge in [-0.1, -0.05) is 12.1 Å². The van der Waals surface area contributed by atoms with Gasteiger partial charge in [-0.2, -0.15) is 0 Å². The van der Waals surface area contributed by atoms with Crippen LogP contribution in [0.3, 0.4) is 0 Å². The summed E-state index contributed by atoms with van der Waals surface area (Å²) in [7, 11) is 1.59. The second-order valence-corrected chi connectivity index (χ2v) is 8.15. The second kappa shape index (κ2) is 8.46. The molecule has 0 spiro atoms. The Labute approximate surface area is 176 Å². The van der Waals surface area contributed by atoms with Crippen molar-refractivity contribution in [3.05, 3.63) is 59.9 Å². The lowest BCUT2D eigenvalue weighted by atomic mass is 9.90. The minimum Gasteiger partial charge on any atom is -0.497 e. The van der Waals surface area contributed by atoms with Crippen molar-refractivity contribution in [3.63, 3.8) is 0 Å². The lowest BCUT2D eigenvalue weighted by molar-refractivity contribution is -0.139. The fraction of sp³-hybridized carbons (Fsp3) is 0.417. The van der Waals surface area contributed by atoms with Crippen LogP contribution in [0.5, 0.6) is 5.75 Å². The maximum absolute atomic E-state index is 13.6. The summed E-state index contributed by atoms with van der Waals surface area (Å²) in [6.07, 6.45) is 3.24. The van der Waals surface area contributed by atoms with Crippen LogP contribution in [0.25, 0.3) is 0 Å². The van der Waals surface area contributed by atoms with Gasteiger partial charge in [0.1, 0.15) is 11.6 Å². The Morgan fingerprint density at radius 2 is 1.77 bits per heavy atom. The molecule has 2 saturated heterocycles. The number of benzene rings is 2. The van der Waals surface area contributed by atoms with Gasteiger partial charge in [0.25, 0.3) is 0 Å². The predicted octanol–water partition coefficient (Wildman–Crippen LogP) is 4.33. The second-order valence-electron chi connectivity index (χ2n) is 8.15. The van der Waals surface area contributed by atoms with Crippen molar-refractivity contribution in [1.29, 1.82) is 0 Å². The third kappa shape index (κ3) is 3.78. The third-order valence-electron chi connectivity index (χ3n) is 6.29. The maximum Gasteiger partial charge on any atom is 0.228 e. The van der Waals surface area contributed by atoms with E-state index in [2.05, 4.69) is 6.92 Å². The van der Waals surface area contributed by atoms with Crippen molar-refractivity contribution in [2.45, 2.75) is 44.7 Å². The SMILES string of the molecule is COc1ccc(N2C(=O)CC(C(=O)N3CCCCC3C)C2c2ccc(F)cc2)cc1. The summed E-state index contributed by atoms with van der Waals surface area (Å²) in [4.78, 5) is 30.3. The standard InChI is InChI=1S/C24H27FN2O3/c1-16-5-3-4-14-26(16)24(29)21-15-22(28)27(19-10-12-20(30-2)13-11-19)23(21)17-6-8-18(25)9-7-17/h6-13,16,21,23H,3-5,14-15H2,1-2H3. The average Bonchev–Trinajstić information content (AvgIpc) is 3.11. The number of hydrogen-bond donors (Lipinski definition) is 0. The molecule has 2 aromatic carbocycles. The van der Waals surface area contributed by atoms with Gasteiger partial charge in [-0.3, -0.25) is 9.59 Å². The zero-order valence-electron chi connectivity index (χ0n) is 17.4. The molecule has 5 nitrogen and oxygen atoms in total. The van der Waals surface area contributed by atoms with Crippen LogP contribution in [0.4, 0.5) is 10.1 Å². The number of likely N-dealkylation sites (tertiary alicyclic amines) is 1. The van der Waals surface area contributed by atoms with Crippen LogP contribution >= 0.6 is 0 Å². The Bertz CT molecular complexity index is 913. The summed E-state index contributed by atoms with van der Waals surface area (Å²) >= 11 is 0. The molecule has 0 N–H and O–H groups in total. The first kappa shape index (κ1) is 20.4. The van der Waals surface area contributed by atoms with Crippen LogP contribution in [-0.4, -0.2) is 36.4 Å². The lowest BCUT2D eigenvalue weighted by Gasteiger charge is -2.37. The topological polar surface area (TPSA) is 49.9 Å². The maximum atomic E-state index is 13.6. The summed E-state index contributed by atoms with van der Waals surface area (Å²) in [6.45, 7) is 2.80. The van der Waals surface area contributed by atoms with E-state index in [9.17, 15) is 14.0 Å². The summed E-state index contributed by atoms with van der Waals surface area (Å²) in [5.74, 6) is -0.228. The summed E-state index contributed by atoms with van der Waals surface area (Å²) in [5.41, 5.74) is 1.47. The van der Waals surface area contributed by atoms with Crippen molar-refractivity contribution in [1.82, 2.24) is 4.90 Å². The Morgan fingerprint density at radius 3 is 2.40 bits per heavy atom. The number of rotatable bonds is 4. The zero-order chi connectivity index (χ0) is 21.3. The highest BCUT2D eigenvalue weighted by atomic mass is 19.1. The number of carbonyl (C=O) groups is 2. The van der Waals surface area contributed by atoms with Gasteiger partial charge in [0.2, 0.25) is 11.8 Å². The molecule has 30 heavy (non-hydrogen) atoms. The van der Waals surface area contributed by atoms with Gasteiger partial charge < -0.3 is 14.5 Å². The van der Waals surface area contributed by atoms with E-state index >= 15 is 0 Å². The summed E-state index contributed by atoms with van der Waals surface area (Å²) in [6, 6.07) is 13.1. The number of carbonyl (C=O) groups excluding carboxylic acids is 2. The largest absolute Gasteiger partial charge is 0.497 e. The Balaban J connectivity index is 1.72. The highest BCUT2D eigenvalue weighted by Gasteiger charge is 2.47. The fourth-order valence-corrected chi connectivity index (χ4v) is 4.68. The van der Waals surface area contributed by atoms with Crippen LogP contribution in [0.15, 0.2) is 48.5 Å². The molecule has 2 amide bonds. The number of hydrogen-bond acceptors (Lipinski definition) is 3. The van der Waals surface area contributed by atoms with E-state index in [-0.39, 0.29) is 30.1 Å². The lowest BCUT2D eigenvalue weighted by Crippen LogP contribution is -2.46.